The molecular weight excluding hydrogens is 240 g/mol. The van der Waals surface area contributed by atoms with E-state index in [1.54, 1.807) is 6.92 Å². The molecule has 1 aromatic carbocycles. The minimum absolute atomic E-state index is 0.0257. The Hall–Kier alpha value is -1.49. The lowest BCUT2D eigenvalue weighted by Gasteiger charge is -2.18. The lowest BCUT2D eigenvalue weighted by atomic mass is 10.0. The van der Waals surface area contributed by atoms with Crippen molar-refractivity contribution in [2.24, 2.45) is 0 Å². The number of halogens is 2. The van der Waals surface area contributed by atoms with Crippen LogP contribution in [0.15, 0.2) is 18.2 Å². The summed E-state index contributed by atoms with van der Waals surface area (Å²) in [6, 6.07) is 2.62. The van der Waals surface area contributed by atoms with Gasteiger partial charge in [0.15, 0.2) is 0 Å². The molecule has 1 unspecified atom stereocenters. The smallest absolute Gasteiger partial charge is 0.307 e. The molecule has 0 saturated heterocycles. The quantitative estimate of drug-likeness (QED) is 0.796. The second-order valence-corrected chi connectivity index (χ2v) is 3.79. The number of ether oxygens (including phenoxy) is 1. The van der Waals surface area contributed by atoms with E-state index in [1.165, 1.54) is 0 Å². The lowest BCUT2D eigenvalue weighted by Crippen LogP contribution is -2.25. The summed E-state index contributed by atoms with van der Waals surface area (Å²) in [4.78, 5) is 11.4. The highest BCUT2D eigenvalue weighted by atomic mass is 19.1. The molecule has 0 radical (unpaired) electrons. The molecule has 18 heavy (non-hydrogen) atoms. The van der Waals surface area contributed by atoms with Gasteiger partial charge in [-0.1, -0.05) is 6.92 Å². The van der Waals surface area contributed by atoms with Crippen molar-refractivity contribution in [3.8, 4) is 0 Å². The van der Waals surface area contributed by atoms with Gasteiger partial charge < -0.3 is 10.1 Å². The summed E-state index contributed by atoms with van der Waals surface area (Å²) < 4.78 is 31.6. The fourth-order valence-corrected chi connectivity index (χ4v) is 1.71. The van der Waals surface area contributed by atoms with Crippen molar-refractivity contribution in [2.75, 3.05) is 13.2 Å². The molecule has 0 amide bonds. The molecule has 5 heteroatoms. The Labute approximate surface area is 105 Å². The molecule has 0 spiro atoms. The van der Waals surface area contributed by atoms with E-state index in [9.17, 15) is 13.6 Å². The summed E-state index contributed by atoms with van der Waals surface area (Å²) >= 11 is 0. The van der Waals surface area contributed by atoms with E-state index in [4.69, 9.17) is 4.74 Å². The van der Waals surface area contributed by atoms with E-state index in [-0.39, 0.29) is 18.6 Å². The molecule has 1 atom stereocenters. The fourth-order valence-electron chi connectivity index (χ4n) is 1.71. The van der Waals surface area contributed by atoms with Crippen LogP contribution in [-0.4, -0.2) is 19.1 Å². The number of rotatable bonds is 6. The van der Waals surface area contributed by atoms with E-state index in [2.05, 4.69) is 5.32 Å². The average molecular weight is 257 g/mol. The molecule has 1 rings (SSSR count). The highest BCUT2D eigenvalue weighted by Crippen LogP contribution is 2.21. The molecule has 1 aromatic rings. The first-order chi connectivity index (χ1) is 8.58. The maximum Gasteiger partial charge on any atom is 0.307 e. The maximum atomic E-state index is 13.6. The van der Waals surface area contributed by atoms with Gasteiger partial charge in [0.1, 0.15) is 11.6 Å². The van der Waals surface area contributed by atoms with Gasteiger partial charge in [-0.2, -0.15) is 0 Å². The largest absolute Gasteiger partial charge is 0.466 e. The number of hydrogen-bond acceptors (Lipinski definition) is 3. The lowest BCUT2D eigenvalue weighted by molar-refractivity contribution is -0.143. The Morgan fingerprint density at radius 1 is 1.39 bits per heavy atom. The summed E-state index contributed by atoms with van der Waals surface area (Å²) in [5.41, 5.74) is 0.143. The van der Waals surface area contributed by atoms with Crippen molar-refractivity contribution in [2.45, 2.75) is 26.3 Å². The number of carbonyl (C=O) groups excluding carboxylic acids is 1. The van der Waals surface area contributed by atoms with Crippen LogP contribution in [0.4, 0.5) is 8.78 Å². The van der Waals surface area contributed by atoms with Crippen molar-refractivity contribution < 1.29 is 18.3 Å². The third-order valence-electron chi connectivity index (χ3n) is 2.46. The van der Waals surface area contributed by atoms with Crippen LogP contribution >= 0.6 is 0 Å². The molecule has 0 aliphatic rings. The molecule has 0 bridgehead atoms. The Morgan fingerprint density at radius 3 is 2.72 bits per heavy atom. The highest BCUT2D eigenvalue weighted by molar-refractivity contribution is 5.70. The number of benzene rings is 1. The topological polar surface area (TPSA) is 38.3 Å². The van der Waals surface area contributed by atoms with E-state index < -0.39 is 23.6 Å². The zero-order valence-corrected chi connectivity index (χ0v) is 10.5. The second kappa shape index (κ2) is 7.06. The molecular formula is C13H17F2NO2. The van der Waals surface area contributed by atoms with Gasteiger partial charge in [-0.15, -0.1) is 0 Å². The third kappa shape index (κ3) is 4.07. The Morgan fingerprint density at radius 2 is 2.11 bits per heavy atom. The Balaban J connectivity index is 2.89. The Bertz CT molecular complexity index is 410. The number of nitrogens with one attached hydrogen (secondary N) is 1. The SMILES string of the molecule is CCNC(CC(=O)OCC)c1cc(F)ccc1F. The fraction of sp³-hybridized carbons (Fsp3) is 0.462. The van der Waals surface area contributed by atoms with Crippen molar-refractivity contribution in [3.05, 3.63) is 35.4 Å². The van der Waals surface area contributed by atoms with E-state index in [1.807, 2.05) is 6.92 Å². The van der Waals surface area contributed by atoms with Gasteiger partial charge in [-0.3, -0.25) is 4.79 Å². The molecule has 0 fully saturated rings. The van der Waals surface area contributed by atoms with Gasteiger partial charge in [0.25, 0.3) is 0 Å². The van der Waals surface area contributed by atoms with Gasteiger partial charge in [-0.25, -0.2) is 8.78 Å². The number of carbonyl (C=O) groups is 1. The van der Waals surface area contributed by atoms with E-state index >= 15 is 0 Å². The third-order valence-corrected chi connectivity index (χ3v) is 2.46. The predicted molar refractivity (Wildman–Crippen MR) is 64.0 cm³/mol. The molecule has 3 nitrogen and oxygen atoms in total. The molecule has 0 aliphatic heterocycles. The molecule has 1 N–H and O–H groups in total. The summed E-state index contributed by atoms with van der Waals surface area (Å²) in [5, 5.41) is 2.95. The first-order valence-electron chi connectivity index (χ1n) is 5.92. The van der Waals surface area contributed by atoms with Gasteiger partial charge in [0.2, 0.25) is 0 Å². The molecule has 0 aliphatic carbocycles. The van der Waals surface area contributed by atoms with Crippen molar-refractivity contribution >= 4 is 5.97 Å². The maximum absolute atomic E-state index is 13.6. The Kier molecular flexibility index (Phi) is 5.71. The second-order valence-electron chi connectivity index (χ2n) is 3.79. The predicted octanol–water partition coefficient (Wildman–Crippen LogP) is 2.57. The van der Waals surface area contributed by atoms with Gasteiger partial charge in [-0.05, 0) is 31.7 Å². The molecule has 0 aromatic heterocycles. The zero-order valence-electron chi connectivity index (χ0n) is 10.5. The van der Waals surface area contributed by atoms with Crippen LogP contribution < -0.4 is 5.32 Å². The zero-order chi connectivity index (χ0) is 13.5. The summed E-state index contributed by atoms with van der Waals surface area (Å²) in [5.74, 6) is -1.50. The van der Waals surface area contributed by atoms with Crippen LogP contribution in [0.2, 0.25) is 0 Å². The van der Waals surface area contributed by atoms with Crippen LogP contribution in [0.1, 0.15) is 31.9 Å². The minimum Gasteiger partial charge on any atom is -0.466 e. The first-order valence-corrected chi connectivity index (χ1v) is 5.92. The monoisotopic (exact) mass is 257 g/mol. The van der Waals surface area contributed by atoms with E-state index in [0.717, 1.165) is 18.2 Å². The van der Waals surface area contributed by atoms with Gasteiger partial charge in [0, 0.05) is 11.6 Å². The average Bonchev–Trinajstić information content (AvgIpc) is 2.32. The van der Waals surface area contributed by atoms with Crippen LogP contribution in [-0.2, 0) is 9.53 Å². The van der Waals surface area contributed by atoms with Gasteiger partial charge >= 0.3 is 5.97 Å². The minimum atomic E-state index is -0.579. The molecule has 100 valence electrons. The molecule has 0 saturated carbocycles. The van der Waals surface area contributed by atoms with Crippen molar-refractivity contribution in [3.63, 3.8) is 0 Å². The van der Waals surface area contributed by atoms with Crippen molar-refractivity contribution in [1.82, 2.24) is 5.32 Å². The van der Waals surface area contributed by atoms with E-state index in [0.29, 0.717) is 6.54 Å². The number of esters is 1. The normalized spacial score (nSPS) is 12.2. The van der Waals surface area contributed by atoms with Crippen LogP contribution in [0, 0.1) is 11.6 Å². The number of hydrogen-bond donors (Lipinski definition) is 1. The standard InChI is InChI=1S/C13H17F2NO2/c1-3-16-12(8-13(17)18-4-2)10-7-9(14)5-6-11(10)15/h5-7,12,16H,3-4,8H2,1-2H3. The van der Waals surface area contributed by atoms with Gasteiger partial charge in [0.05, 0.1) is 13.0 Å². The van der Waals surface area contributed by atoms with Crippen LogP contribution in [0.5, 0.6) is 0 Å². The molecule has 0 heterocycles. The summed E-state index contributed by atoms with van der Waals surface area (Å²) in [6.07, 6.45) is -0.0257. The van der Waals surface area contributed by atoms with Crippen LogP contribution in [0.25, 0.3) is 0 Å². The van der Waals surface area contributed by atoms with Crippen LogP contribution in [0.3, 0.4) is 0 Å². The highest BCUT2D eigenvalue weighted by Gasteiger charge is 2.19. The summed E-state index contributed by atoms with van der Waals surface area (Å²) in [7, 11) is 0. The van der Waals surface area contributed by atoms with Crippen molar-refractivity contribution in [1.29, 1.82) is 0 Å². The first kappa shape index (κ1) is 14.6. The summed E-state index contributed by atoms with van der Waals surface area (Å²) in [6.45, 7) is 4.33.